The molecule has 1 rings (SSSR count). The fraction of sp³-hybridized carbons (Fsp3) is 0.667. The summed E-state index contributed by atoms with van der Waals surface area (Å²) in [6.07, 6.45) is 4.56. The smallest absolute Gasteiger partial charge is 0.226 e. The van der Waals surface area contributed by atoms with Crippen molar-refractivity contribution < 1.29 is 4.79 Å². The molecule has 0 aromatic heterocycles. The molecule has 0 N–H and O–H groups in total. The third-order valence-electron chi connectivity index (χ3n) is 2.34. The predicted octanol–water partition coefficient (Wildman–Crippen LogP) is 1.78. The Bertz CT molecular complexity index is 165. The van der Waals surface area contributed by atoms with Gasteiger partial charge in [0.15, 0.2) is 0 Å². The van der Waals surface area contributed by atoms with Crippen LogP contribution in [0.3, 0.4) is 0 Å². The predicted molar refractivity (Wildman–Crippen MR) is 44.9 cm³/mol. The van der Waals surface area contributed by atoms with Crippen molar-refractivity contribution in [3.63, 3.8) is 0 Å². The van der Waals surface area contributed by atoms with Crippen molar-refractivity contribution in [2.75, 3.05) is 6.54 Å². The summed E-state index contributed by atoms with van der Waals surface area (Å²) in [7, 11) is 0. The van der Waals surface area contributed by atoms with Gasteiger partial charge < -0.3 is 4.90 Å². The van der Waals surface area contributed by atoms with E-state index in [1.165, 1.54) is 0 Å². The third kappa shape index (κ3) is 1.82. The van der Waals surface area contributed by atoms with Crippen LogP contribution in [0.5, 0.6) is 0 Å². The maximum absolute atomic E-state index is 11.1. The van der Waals surface area contributed by atoms with E-state index in [1.54, 1.807) is 11.1 Å². The second-order valence-electron chi connectivity index (χ2n) is 3.04. The third-order valence-corrected chi connectivity index (χ3v) is 2.34. The summed E-state index contributed by atoms with van der Waals surface area (Å²) in [4.78, 5) is 12.9. The minimum absolute atomic E-state index is 0.227. The zero-order chi connectivity index (χ0) is 8.27. The van der Waals surface area contributed by atoms with Crippen molar-refractivity contribution in [2.24, 2.45) is 5.92 Å². The molecule has 0 aliphatic carbocycles. The fourth-order valence-electron chi connectivity index (χ4n) is 1.45. The lowest BCUT2D eigenvalue weighted by molar-refractivity contribution is -0.131. The summed E-state index contributed by atoms with van der Waals surface area (Å²) in [5.41, 5.74) is 0. The number of hydrogen-bond acceptors (Lipinski definition) is 1. The minimum atomic E-state index is 0.227. The first-order valence-corrected chi connectivity index (χ1v) is 4.20. The average Bonchev–Trinajstić information content (AvgIpc) is 2.05. The van der Waals surface area contributed by atoms with Gasteiger partial charge in [0.05, 0.1) is 0 Å². The maximum atomic E-state index is 11.1. The van der Waals surface area contributed by atoms with E-state index in [9.17, 15) is 4.79 Å². The molecule has 1 saturated heterocycles. The number of likely N-dealkylation sites (tertiary alicyclic amines) is 1. The maximum Gasteiger partial charge on any atom is 0.226 e. The number of nitrogens with zero attached hydrogens (tertiary/aromatic N) is 1. The lowest BCUT2D eigenvalue weighted by Crippen LogP contribution is -2.35. The molecule has 1 amide bonds. The molecule has 2 nitrogen and oxygen atoms in total. The van der Waals surface area contributed by atoms with Gasteiger partial charge in [-0.3, -0.25) is 4.79 Å². The van der Waals surface area contributed by atoms with Crippen LogP contribution in [0.15, 0.2) is 12.8 Å². The Balaban J connectivity index is 2.50. The Morgan fingerprint density at radius 3 is 3.09 bits per heavy atom. The van der Waals surface area contributed by atoms with Crippen LogP contribution in [0.2, 0.25) is 0 Å². The Labute approximate surface area is 67.9 Å². The molecule has 62 valence electrons. The van der Waals surface area contributed by atoms with Crippen LogP contribution in [0, 0.1) is 5.92 Å². The van der Waals surface area contributed by atoms with Crippen molar-refractivity contribution in [2.45, 2.75) is 26.2 Å². The fourth-order valence-corrected chi connectivity index (χ4v) is 1.45. The van der Waals surface area contributed by atoms with Gasteiger partial charge in [-0.1, -0.05) is 19.9 Å². The summed E-state index contributed by atoms with van der Waals surface area (Å²) in [5.74, 6) is 0.912. The van der Waals surface area contributed by atoms with E-state index in [0.717, 1.165) is 19.4 Å². The van der Waals surface area contributed by atoms with E-state index in [4.69, 9.17) is 0 Å². The molecular weight excluding hydrogens is 138 g/mol. The van der Waals surface area contributed by atoms with Gasteiger partial charge in [-0.05, 0) is 18.5 Å². The highest BCUT2D eigenvalue weighted by Gasteiger charge is 2.21. The van der Waals surface area contributed by atoms with Gasteiger partial charge in [0.2, 0.25) is 5.91 Å². The van der Waals surface area contributed by atoms with Crippen molar-refractivity contribution >= 4 is 5.91 Å². The van der Waals surface area contributed by atoms with Gasteiger partial charge in [-0.15, -0.1) is 0 Å². The molecule has 1 aliphatic heterocycles. The summed E-state index contributed by atoms with van der Waals surface area (Å²) < 4.78 is 0. The van der Waals surface area contributed by atoms with E-state index in [1.807, 2.05) is 0 Å². The van der Waals surface area contributed by atoms with Gasteiger partial charge in [-0.2, -0.15) is 0 Å². The zero-order valence-electron chi connectivity index (χ0n) is 7.05. The molecule has 0 radical (unpaired) electrons. The molecule has 1 atom stereocenters. The first-order chi connectivity index (χ1) is 5.27. The molecular formula is C9H15NO. The van der Waals surface area contributed by atoms with E-state index in [2.05, 4.69) is 13.5 Å². The minimum Gasteiger partial charge on any atom is -0.319 e. The summed E-state index contributed by atoms with van der Waals surface area (Å²) in [6, 6.07) is 0. The van der Waals surface area contributed by atoms with Crippen molar-refractivity contribution in [3.05, 3.63) is 12.8 Å². The molecule has 0 bridgehead atoms. The second-order valence-corrected chi connectivity index (χ2v) is 3.04. The zero-order valence-corrected chi connectivity index (χ0v) is 7.05. The standard InChI is InChI=1S/C9H15NO/c1-3-8-5-6-9(11)10(4-2)7-8/h4,8H,2-3,5-7H2,1H3. The van der Waals surface area contributed by atoms with Gasteiger partial charge in [0.1, 0.15) is 0 Å². The number of amides is 1. The molecule has 0 saturated carbocycles. The Morgan fingerprint density at radius 1 is 1.82 bits per heavy atom. The van der Waals surface area contributed by atoms with Gasteiger partial charge in [0.25, 0.3) is 0 Å². The highest BCUT2D eigenvalue weighted by Crippen LogP contribution is 2.19. The van der Waals surface area contributed by atoms with Crippen LogP contribution in [0.4, 0.5) is 0 Å². The highest BCUT2D eigenvalue weighted by atomic mass is 16.2. The van der Waals surface area contributed by atoms with Gasteiger partial charge in [-0.25, -0.2) is 0 Å². The Morgan fingerprint density at radius 2 is 2.55 bits per heavy atom. The van der Waals surface area contributed by atoms with Crippen molar-refractivity contribution in [1.29, 1.82) is 0 Å². The van der Waals surface area contributed by atoms with Crippen LogP contribution in [0.25, 0.3) is 0 Å². The molecule has 11 heavy (non-hydrogen) atoms. The lowest BCUT2D eigenvalue weighted by atomic mass is 9.95. The normalized spacial score (nSPS) is 25.4. The highest BCUT2D eigenvalue weighted by molar-refractivity contribution is 5.77. The van der Waals surface area contributed by atoms with E-state index in [0.29, 0.717) is 12.3 Å². The monoisotopic (exact) mass is 153 g/mol. The Kier molecular flexibility index (Phi) is 2.69. The number of hydrogen-bond donors (Lipinski definition) is 0. The number of piperidine rings is 1. The topological polar surface area (TPSA) is 20.3 Å². The number of rotatable bonds is 2. The van der Waals surface area contributed by atoms with Gasteiger partial charge in [0, 0.05) is 13.0 Å². The van der Waals surface area contributed by atoms with E-state index >= 15 is 0 Å². The van der Waals surface area contributed by atoms with E-state index in [-0.39, 0.29) is 5.91 Å². The van der Waals surface area contributed by atoms with Crippen LogP contribution >= 0.6 is 0 Å². The number of carbonyl (C=O) groups excluding carboxylic acids is 1. The second kappa shape index (κ2) is 3.56. The van der Waals surface area contributed by atoms with Crippen LogP contribution in [-0.4, -0.2) is 17.4 Å². The molecule has 0 spiro atoms. The van der Waals surface area contributed by atoms with Crippen LogP contribution in [0.1, 0.15) is 26.2 Å². The first kappa shape index (κ1) is 8.31. The molecule has 1 fully saturated rings. The lowest BCUT2D eigenvalue weighted by Gasteiger charge is -2.29. The molecule has 2 heteroatoms. The first-order valence-electron chi connectivity index (χ1n) is 4.20. The van der Waals surface area contributed by atoms with Crippen LogP contribution < -0.4 is 0 Å². The van der Waals surface area contributed by atoms with Crippen molar-refractivity contribution in [3.8, 4) is 0 Å². The quantitative estimate of drug-likeness (QED) is 0.592. The summed E-state index contributed by atoms with van der Waals surface area (Å²) in [5, 5.41) is 0. The summed E-state index contributed by atoms with van der Waals surface area (Å²) >= 11 is 0. The number of carbonyl (C=O) groups is 1. The largest absolute Gasteiger partial charge is 0.319 e. The Hall–Kier alpha value is -0.790. The molecule has 1 aliphatic rings. The average molecular weight is 153 g/mol. The van der Waals surface area contributed by atoms with Gasteiger partial charge >= 0.3 is 0 Å². The SMILES string of the molecule is C=CN1CC(CC)CCC1=O. The van der Waals surface area contributed by atoms with Crippen molar-refractivity contribution in [1.82, 2.24) is 4.90 Å². The van der Waals surface area contributed by atoms with Crippen LogP contribution in [-0.2, 0) is 4.79 Å². The van der Waals surface area contributed by atoms with E-state index < -0.39 is 0 Å². The molecule has 1 heterocycles. The molecule has 0 aromatic carbocycles. The summed E-state index contributed by atoms with van der Waals surface area (Å²) in [6.45, 7) is 6.65. The molecule has 1 unspecified atom stereocenters. The molecule has 0 aromatic rings.